The smallest absolute Gasteiger partial charge is 0.303 e. The summed E-state index contributed by atoms with van der Waals surface area (Å²) in [4.78, 5) is 27.2. The van der Waals surface area contributed by atoms with Crippen molar-refractivity contribution >= 4 is 17.6 Å². The number of para-hydroxylation sites is 1. The number of carboxylic acid groups (broad SMARTS) is 1. The fourth-order valence-electron chi connectivity index (χ4n) is 3.17. The molecule has 1 N–H and O–H groups in total. The summed E-state index contributed by atoms with van der Waals surface area (Å²) in [7, 11) is 0. The van der Waals surface area contributed by atoms with Crippen molar-refractivity contribution in [3.63, 3.8) is 0 Å². The van der Waals surface area contributed by atoms with Crippen molar-refractivity contribution in [2.24, 2.45) is 0 Å². The van der Waals surface area contributed by atoms with Crippen molar-refractivity contribution in [2.45, 2.75) is 45.1 Å². The number of carboxylic acids is 1. The second-order valence-electron chi connectivity index (χ2n) is 6.02. The molecule has 126 valence electrons. The highest BCUT2D eigenvalue weighted by Crippen LogP contribution is 2.24. The summed E-state index contributed by atoms with van der Waals surface area (Å²) >= 11 is 0. The summed E-state index contributed by atoms with van der Waals surface area (Å²) in [5.74, 6) is -0.566. The van der Waals surface area contributed by atoms with Gasteiger partial charge in [0.05, 0.1) is 0 Å². The molecule has 1 aliphatic heterocycles. The monoisotopic (exact) mass is 318 g/mol. The summed E-state index contributed by atoms with van der Waals surface area (Å²) < 4.78 is 0. The molecule has 0 atom stereocenters. The molecule has 1 aromatic rings. The lowest BCUT2D eigenvalue weighted by molar-refractivity contribution is -0.137. The molecule has 0 unspecified atom stereocenters. The van der Waals surface area contributed by atoms with E-state index < -0.39 is 5.97 Å². The molecule has 0 radical (unpaired) electrons. The van der Waals surface area contributed by atoms with Gasteiger partial charge < -0.3 is 14.9 Å². The van der Waals surface area contributed by atoms with E-state index in [4.69, 9.17) is 5.11 Å². The van der Waals surface area contributed by atoms with Crippen LogP contribution in [0.3, 0.4) is 0 Å². The van der Waals surface area contributed by atoms with E-state index in [2.05, 4.69) is 4.90 Å². The van der Waals surface area contributed by atoms with Crippen LogP contribution < -0.4 is 4.90 Å². The van der Waals surface area contributed by atoms with Gasteiger partial charge in [-0.05, 0) is 37.9 Å². The maximum Gasteiger partial charge on any atom is 0.303 e. The number of carbonyl (C=O) groups is 2. The molecule has 5 heteroatoms. The average molecular weight is 318 g/mol. The number of likely N-dealkylation sites (tertiary alicyclic amines) is 1. The molecule has 1 aliphatic rings. The molecule has 2 rings (SSSR count). The van der Waals surface area contributed by atoms with Gasteiger partial charge >= 0.3 is 5.97 Å². The Morgan fingerprint density at radius 3 is 2.43 bits per heavy atom. The molecule has 23 heavy (non-hydrogen) atoms. The van der Waals surface area contributed by atoms with Crippen molar-refractivity contribution in [2.75, 3.05) is 24.5 Å². The van der Waals surface area contributed by atoms with E-state index in [-0.39, 0.29) is 18.4 Å². The van der Waals surface area contributed by atoms with Crippen LogP contribution in [0, 0.1) is 0 Å². The summed E-state index contributed by atoms with van der Waals surface area (Å²) in [6, 6.07) is 10.1. The number of piperidine rings is 1. The predicted molar refractivity (Wildman–Crippen MR) is 90.6 cm³/mol. The van der Waals surface area contributed by atoms with Crippen molar-refractivity contribution in [3.05, 3.63) is 30.3 Å². The van der Waals surface area contributed by atoms with Gasteiger partial charge in [-0.15, -0.1) is 0 Å². The Bertz CT molecular complexity index is 510. The molecule has 1 saturated heterocycles. The standard InChI is InChI=1S/C18H26N2O3/c1-2-17(21)20(15-7-4-3-5-8-15)16-10-13-19(14-11-16)12-6-9-18(22)23/h3-5,7-8,16H,2,6,9-14H2,1H3,(H,22,23). The second-order valence-corrected chi connectivity index (χ2v) is 6.02. The maximum absolute atomic E-state index is 12.4. The number of amides is 1. The molecule has 1 aromatic carbocycles. The minimum absolute atomic E-state index is 0.167. The number of rotatable bonds is 7. The zero-order valence-electron chi connectivity index (χ0n) is 13.8. The molecule has 0 spiro atoms. The Hall–Kier alpha value is -1.88. The molecule has 0 aliphatic carbocycles. The Balaban J connectivity index is 1.93. The normalized spacial score (nSPS) is 16.2. The highest BCUT2D eigenvalue weighted by molar-refractivity contribution is 5.93. The molecule has 5 nitrogen and oxygen atoms in total. The van der Waals surface area contributed by atoms with E-state index in [1.165, 1.54) is 0 Å². The number of benzene rings is 1. The van der Waals surface area contributed by atoms with E-state index in [1.54, 1.807) is 0 Å². The summed E-state index contributed by atoms with van der Waals surface area (Å²) in [5, 5.41) is 8.71. The Labute approximate surface area is 137 Å². The zero-order chi connectivity index (χ0) is 16.7. The topological polar surface area (TPSA) is 60.9 Å². The van der Waals surface area contributed by atoms with Crippen LogP contribution in [0.15, 0.2) is 30.3 Å². The molecule has 1 heterocycles. The number of aliphatic carboxylic acids is 1. The van der Waals surface area contributed by atoms with Gasteiger partial charge in [0.1, 0.15) is 0 Å². The van der Waals surface area contributed by atoms with Gasteiger partial charge in [0, 0.05) is 37.7 Å². The Kier molecular flexibility index (Phi) is 6.59. The lowest BCUT2D eigenvalue weighted by atomic mass is 10.0. The lowest BCUT2D eigenvalue weighted by Crippen LogP contribution is -2.47. The summed E-state index contributed by atoms with van der Waals surface area (Å²) in [6.07, 6.45) is 3.30. The van der Waals surface area contributed by atoms with Crippen molar-refractivity contribution in [1.82, 2.24) is 4.90 Å². The van der Waals surface area contributed by atoms with Crippen LogP contribution in [0.2, 0.25) is 0 Å². The zero-order valence-corrected chi connectivity index (χ0v) is 13.8. The van der Waals surface area contributed by atoms with Crippen LogP contribution in [0.5, 0.6) is 0 Å². The first-order valence-corrected chi connectivity index (χ1v) is 8.43. The molecule has 1 fully saturated rings. The highest BCUT2D eigenvalue weighted by Gasteiger charge is 2.28. The van der Waals surface area contributed by atoms with Crippen molar-refractivity contribution in [1.29, 1.82) is 0 Å². The number of carbonyl (C=O) groups excluding carboxylic acids is 1. The van der Waals surface area contributed by atoms with E-state index in [0.29, 0.717) is 12.8 Å². The van der Waals surface area contributed by atoms with E-state index in [1.807, 2.05) is 42.2 Å². The van der Waals surface area contributed by atoms with Gasteiger partial charge in [-0.2, -0.15) is 0 Å². The number of nitrogens with zero attached hydrogens (tertiary/aromatic N) is 2. The fourth-order valence-corrected chi connectivity index (χ4v) is 3.17. The van der Waals surface area contributed by atoms with Crippen LogP contribution in [0.1, 0.15) is 39.0 Å². The molecule has 0 bridgehead atoms. The lowest BCUT2D eigenvalue weighted by Gasteiger charge is -2.38. The minimum atomic E-state index is -0.733. The van der Waals surface area contributed by atoms with Gasteiger partial charge in [0.15, 0.2) is 0 Å². The summed E-state index contributed by atoms with van der Waals surface area (Å²) in [6.45, 7) is 4.57. The average Bonchev–Trinajstić information content (AvgIpc) is 2.57. The van der Waals surface area contributed by atoms with Crippen LogP contribution in [0.4, 0.5) is 5.69 Å². The van der Waals surface area contributed by atoms with Gasteiger partial charge in [0.25, 0.3) is 0 Å². The van der Waals surface area contributed by atoms with Crippen LogP contribution in [0.25, 0.3) is 0 Å². The minimum Gasteiger partial charge on any atom is -0.481 e. The summed E-state index contributed by atoms with van der Waals surface area (Å²) in [5.41, 5.74) is 0.976. The number of anilines is 1. The van der Waals surface area contributed by atoms with Crippen LogP contribution in [-0.4, -0.2) is 47.6 Å². The number of hydrogen-bond donors (Lipinski definition) is 1. The van der Waals surface area contributed by atoms with Crippen molar-refractivity contribution < 1.29 is 14.7 Å². The molecule has 1 amide bonds. The van der Waals surface area contributed by atoms with E-state index >= 15 is 0 Å². The molecule has 0 saturated carbocycles. The molecule has 0 aromatic heterocycles. The third kappa shape index (κ3) is 5.06. The van der Waals surface area contributed by atoms with Crippen LogP contribution in [-0.2, 0) is 9.59 Å². The van der Waals surface area contributed by atoms with Gasteiger partial charge in [-0.25, -0.2) is 0 Å². The molecular weight excluding hydrogens is 292 g/mol. The van der Waals surface area contributed by atoms with Gasteiger partial charge in [0.2, 0.25) is 5.91 Å². The van der Waals surface area contributed by atoms with Gasteiger partial charge in [-0.1, -0.05) is 25.1 Å². The first-order valence-electron chi connectivity index (χ1n) is 8.43. The first kappa shape index (κ1) is 17.5. The maximum atomic E-state index is 12.4. The van der Waals surface area contributed by atoms with E-state index in [0.717, 1.165) is 38.2 Å². The van der Waals surface area contributed by atoms with Crippen LogP contribution >= 0.6 is 0 Å². The largest absolute Gasteiger partial charge is 0.481 e. The van der Waals surface area contributed by atoms with Crippen molar-refractivity contribution in [3.8, 4) is 0 Å². The Morgan fingerprint density at radius 1 is 1.22 bits per heavy atom. The fraction of sp³-hybridized carbons (Fsp3) is 0.556. The third-order valence-electron chi connectivity index (χ3n) is 4.39. The molecular formula is C18H26N2O3. The van der Waals surface area contributed by atoms with Gasteiger partial charge in [-0.3, -0.25) is 9.59 Å². The van der Waals surface area contributed by atoms with E-state index in [9.17, 15) is 9.59 Å². The number of hydrogen-bond acceptors (Lipinski definition) is 3. The second kappa shape index (κ2) is 8.67. The first-order chi connectivity index (χ1) is 11.1. The predicted octanol–water partition coefficient (Wildman–Crippen LogP) is 2.76. The third-order valence-corrected chi connectivity index (χ3v) is 4.39. The highest BCUT2D eigenvalue weighted by atomic mass is 16.4. The SMILES string of the molecule is CCC(=O)N(c1ccccc1)C1CCN(CCCC(=O)O)CC1. The Morgan fingerprint density at radius 2 is 1.87 bits per heavy atom. The quantitative estimate of drug-likeness (QED) is 0.840.